The summed E-state index contributed by atoms with van der Waals surface area (Å²) >= 11 is 3.39. The zero-order valence-electron chi connectivity index (χ0n) is 16.2. The number of hydrogen-bond donors (Lipinski definition) is 0. The van der Waals surface area contributed by atoms with Gasteiger partial charge in [-0.1, -0.05) is 15.9 Å². The van der Waals surface area contributed by atoms with Crippen LogP contribution < -0.4 is 4.74 Å². The van der Waals surface area contributed by atoms with Gasteiger partial charge in [-0.25, -0.2) is 0 Å². The lowest BCUT2D eigenvalue weighted by atomic mass is 9.94. The lowest BCUT2D eigenvalue weighted by Crippen LogP contribution is -2.51. The Hall–Kier alpha value is -1.25. The highest BCUT2D eigenvalue weighted by Gasteiger charge is 2.32. The molecule has 2 atom stereocenters. The average molecular weight is 461 g/mol. The smallest absolute Gasteiger partial charge is 0.387 e. The van der Waals surface area contributed by atoms with Crippen LogP contribution in [-0.2, 0) is 16.1 Å². The molecule has 3 rings (SSSR count). The van der Waals surface area contributed by atoms with E-state index in [-0.39, 0.29) is 29.8 Å². The Morgan fingerprint density at radius 2 is 1.89 bits per heavy atom. The Balaban J connectivity index is 1.56. The number of carbonyl (C=O) groups excluding carboxylic acids is 1. The van der Waals surface area contributed by atoms with Crippen molar-refractivity contribution >= 4 is 21.8 Å². The molecule has 0 aliphatic carbocycles. The van der Waals surface area contributed by atoms with Crippen LogP contribution in [-0.4, -0.2) is 60.7 Å². The molecule has 0 spiro atoms. The number of likely N-dealkylation sites (tertiary alicyclic amines) is 1. The Kier molecular flexibility index (Phi) is 7.28. The number of amides is 1. The largest absolute Gasteiger partial charge is 0.434 e. The molecule has 2 saturated heterocycles. The van der Waals surface area contributed by atoms with Crippen molar-refractivity contribution < 1.29 is 23.0 Å². The standard InChI is InChI=1S/C20H27BrF2N2O3/c1-13-10-25(11-14(2)27-13)19(26)15-5-7-24(8-6-15)12-16-9-17(21)3-4-18(16)28-20(22)23/h3-4,9,13-15,20H,5-8,10-12H2,1-2H3. The number of ether oxygens (including phenoxy) is 2. The number of morpholine rings is 1. The van der Waals surface area contributed by atoms with Gasteiger partial charge in [0.05, 0.1) is 12.2 Å². The summed E-state index contributed by atoms with van der Waals surface area (Å²) in [7, 11) is 0. The number of carbonyl (C=O) groups is 1. The van der Waals surface area contributed by atoms with Gasteiger partial charge in [-0.3, -0.25) is 9.69 Å². The lowest BCUT2D eigenvalue weighted by molar-refractivity contribution is -0.148. The van der Waals surface area contributed by atoms with Crippen LogP contribution in [0.5, 0.6) is 5.75 Å². The SMILES string of the molecule is CC1CN(C(=O)C2CCN(Cc3cc(Br)ccc3OC(F)F)CC2)CC(C)O1. The van der Waals surface area contributed by atoms with Gasteiger partial charge < -0.3 is 14.4 Å². The van der Waals surface area contributed by atoms with E-state index in [0.29, 0.717) is 19.6 Å². The van der Waals surface area contributed by atoms with Gasteiger partial charge >= 0.3 is 6.61 Å². The van der Waals surface area contributed by atoms with Crippen molar-refractivity contribution in [2.24, 2.45) is 5.92 Å². The van der Waals surface area contributed by atoms with Gasteiger partial charge in [0, 0.05) is 35.6 Å². The second-order valence-electron chi connectivity index (χ2n) is 7.68. The highest BCUT2D eigenvalue weighted by atomic mass is 79.9. The van der Waals surface area contributed by atoms with E-state index in [1.807, 2.05) is 24.8 Å². The third-order valence-corrected chi connectivity index (χ3v) is 5.79. The number of alkyl halides is 2. The van der Waals surface area contributed by atoms with Crippen molar-refractivity contribution in [3.8, 4) is 5.75 Å². The molecular formula is C20H27BrF2N2O3. The van der Waals surface area contributed by atoms with E-state index in [1.54, 1.807) is 12.1 Å². The second kappa shape index (κ2) is 9.50. The molecule has 2 heterocycles. The predicted octanol–water partition coefficient (Wildman–Crippen LogP) is 3.90. The summed E-state index contributed by atoms with van der Waals surface area (Å²) in [6, 6.07) is 5.06. The third-order valence-electron chi connectivity index (χ3n) is 5.30. The lowest BCUT2D eigenvalue weighted by Gasteiger charge is -2.39. The fraction of sp³-hybridized carbons (Fsp3) is 0.650. The third kappa shape index (κ3) is 5.64. The van der Waals surface area contributed by atoms with Crippen molar-refractivity contribution in [3.63, 3.8) is 0 Å². The number of hydrogen-bond acceptors (Lipinski definition) is 4. The molecule has 1 aromatic carbocycles. The highest BCUT2D eigenvalue weighted by Crippen LogP contribution is 2.28. The van der Waals surface area contributed by atoms with E-state index in [1.165, 1.54) is 0 Å². The number of nitrogens with zero attached hydrogens (tertiary/aromatic N) is 2. The van der Waals surface area contributed by atoms with Gasteiger partial charge in [0.2, 0.25) is 5.91 Å². The minimum absolute atomic E-state index is 0.0213. The maximum Gasteiger partial charge on any atom is 0.387 e. The molecular weight excluding hydrogens is 434 g/mol. The van der Waals surface area contributed by atoms with E-state index in [9.17, 15) is 13.6 Å². The maximum atomic E-state index is 12.9. The van der Waals surface area contributed by atoms with Crippen molar-refractivity contribution in [2.45, 2.75) is 52.1 Å². The Bertz CT molecular complexity index is 673. The van der Waals surface area contributed by atoms with Gasteiger partial charge in [-0.05, 0) is 58.0 Å². The van der Waals surface area contributed by atoms with Gasteiger partial charge in [0.25, 0.3) is 0 Å². The van der Waals surface area contributed by atoms with Crippen molar-refractivity contribution in [3.05, 3.63) is 28.2 Å². The fourth-order valence-corrected chi connectivity index (χ4v) is 4.49. The van der Waals surface area contributed by atoms with Crippen LogP contribution in [0.2, 0.25) is 0 Å². The molecule has 156 valence electrons. The van der Waals surface area contributed by atoms with Crippen molar-refractivity contribution in [2.75, 3.05) is 26.2 Å². The first kappa shape index (κ1) is 21.5. The summed E-state index contributed by atoms with van der Waals surface area (Å²) in [5, 5.41) is 0. The zero-order chi connectivity index (χ0) is 20.3. The molecule has 0 radical (unpaired) electrons. The van der Waals surface area contributed by atoms with Crippen molar-refractivity contribution in [1.29, 1.82) is 0 Å². The molecule has 2 fully saturated rings. The van der Waals surface area contributed by atoms with Gasteiger partial charge in [0.1, 0.15) is 5.75 Å². The Morgan fingerprint density at radius 1 is 1.25 bits per heavy atom. The topological polar surface area (TPSA) is 42.0 Å². The highest BCUT2D eigenvalue weighted by molar-refractivity contribution is 9.10. The van der Waals surface area contributed by atoms with Crippen LogP contribution in [0.4, 0.5) is 8.78 Å². The molecule has 1 amide bonds. The average Bonchev–Trinajstić information content (AvgIpc) is 2.63. The summed E-state index contributed by atoms with van der Waals surface area (Å²) < 4.78 is 36.5. The Labute approximate surface area is 173 Å². The molecule has 0 aromatic heterocycles. The molecule has 1 aromatic rings. The maximum absolute atomic E-state index is 12.9. The first-order chi connectivity index (χ1) is 13.3. The number of piperidine rings is 1. The molecule has 8 heteroatoms. The number of benzene rings is 1. The fourth-order valence-electron chi connectivity index (χ4n) is 4.08. The minimum Gasteiger partial charge on any atom is -0.434 e. The molecule has 2 aliphatic heterocycles. The van der Waals surface area contributed by atoms with Gasteiger partial charge in [-0.15, -0.1) is 0 Å². The number of halogens is 3. The van der Waals surface area contributed by atoms with E-state index >= 15 is 0 Å². The van der Waals surface area contributed by atoms with Crippen LogP contribution >= 0.6 is 15.9 Å². The quantitative estimate of drug-likeness (QED) is 0.668. The summed E-state index contributed by atoms with van der Waals surface area (Å²) in [6.45, 7) is 4.48. The van der Waals surface area contributed by atoms with Gasteiger partial charge in [-0.2, -0.15) is 8.78 Å². The van der Waals surface area contributed by atoms with Crippen LogP contribution in [0.1, 0.15) is 32.3 Å². The summed E-state index contributed by atoms with van der Waals surface area (Å²) in [6.07, 6.45) is 1.69. The van der Waals surface area contributed by atoms with Crippen LogP contribution in [0.3, 0.4) is 0 Å². The molecule has 0 saturated carbocycles. The second-order valence-corrected chi connectivity index (χ2v) is 8.60. The monoisotopic (exact) mass is 460 g/mol. The molecule has 2 aliphatic rings. The molecule has 0 N–H and O–H groups in total. The summed E-state index contributed by atoms with van der Waals surface area (Å²) in [5.74, 6) is 0.437. The molecule has 2 unspecified atom stereocenters. The van der Waals surface area contributed by atoms with E-state index in [4.69, 9.17) is 4.74 Å². The normalized spacial score (nSPS) is 24.6. The number of rotatable bonds is 5. The molecule has 5 nitrogen and oxygen atoms in total. The van der Waals surface area contributed by atoms with E-state index in [2.05, 4.69) is 25.6 Å². The molecule has 28 heavy (non-hydrogen) atoms. The summed E-state index contributed by atoms with van der Waals surface area (Å²) in [4.78, 5) is 17.0. The summed E-state index contributed by atoms with van der Waals surface area (Å²) in [5.41, 5.74) is 0.718. The van der Waals surface area contributed by atoms with Crippen LogP contribution in [0.25, 0.3) is 0 Å². The predicted molar refractivity (Wildman–Crippen MR) is 105 cm³/mol. The Morgan fingerprint density at radius 3 is 2.50 bits per heavy atom. The van der Waals surface area contributed by atoms with Crippen LogP contribution in [0.15, 0.2) is 22.7 Å². The first-order valence-electron chi connectivity index (χ1n) is 9.71. The van der Waals surface area contributed by atoms with Crippen LogP contribution in [0, 0.1) is 5.92 Å². The minimum atomic E-state index is -2.85. The van der Waals surface area contributed by atoms with Crippen molar-refractivity contribution in [1.82, 2.24) is 9.80 Å². The first-order valence-corrected chi connectivity index (χ1v) is 10.5. The molecule has 0 bridgehead atoms. The van der Waals surface area contributed by atoms with Gasteiger partial charge in [0.15, 0.2) is 0 Å². The van der Waals surface area contributed by atoms with E-state index in [0.717, 1.165) is 36.0 Å². The zero-order valence-corrected chi connectivity index (χ0v) is 17.8. The van der Waals surface area contributed by atoms with E-state index < -0.39 is 6.61 Å².